The molecule has 5 nitrogen and oxygen atoms in total. The Kier molecular flexibility index (Phi) is 4.76. The zero-order valence-corrected chi connectivity index (χ0v) is 13.2. The zero-order valence-electron chi connectivity index (χ0n) is 12.4. The van der Waals surface area contributed by atoms with Gasteiger partial charge in [-0.05, 0) is 51.4 Å². The molecule has 0 radical (unpaired) electrons. The quantitative estimate of drug-likeness (QED) is 0.747. The summed E-state index contributed by atoms with van der Waals surface area (Å²) in [6.45, 7) is 4.97. The van der Waals surface area contributed by atoms with Gasteiger partial charge in [0, 0.05) is 12.2 Å². The van der Waals surface area contributed by atoms with Crippen molar-refractivity contribution < 1.29 is 9.90 Å². The topological polar surface area (TPSA) is 78.6 Å². The maximum absolute atomic E-state index is 12.3. The summed E-state index contributed by atoms with van der Waals surface area (Å²) in [5, 5.41) is 13.4. The molecule has 1 heterocycles. The number of nitrogens with one attached hydrogen (secondary N) is 1. The van der Waals surface area contributed by atoms with E-state index in [9.17, 15) is 9.90 Å². The van der Waals surface area contributed by atoms with E-state index in [0.717, 1.165) is 19.4 Å². The van der Waals surface area contributed by atoms with Crippen molar-refractivity contribution in [2.24, 2.45) is 0 Å². The number of nitrogen functional groups attached to an aromatic ring is 1. The molecule has 1 saturated heterocycles. The number of anilines is 2. The molecule has 0 spiro atoms. The van der Waals surface area contributed by atoms with Crippen LogP contribution in [0.15, 0.2) is 18.2 Å². The molecular weight excluding hydrogens is 290 g/mol. The maximum atomic E-state index is 12.3. The lowest BCUT2D eigenvalue weighted by Gasteiger charge is -2.39. The van der Waals surface area contributed by atoms with Gasteiger partial charge in [0.05, 0.1) is 22.4 Å². The largest absolute Gasteiger partial charge is 0.397 e. The molecule has 21 heavy (non-hydrogen) atoms. The van der Waals surface area contributed by atoms with Gasteiger partial charge in [0.1, 0.15) is 0 Å². The first kappa shape index (κ1) is 16.1. The van der Waals surface area contributed by atoms with E-state index in [2.05, 4.69) is 5.32 Å². The minimum absolute atomic E-state index is 0.116. The number of halogens is 1. The number of nitrogens with zero attached hydrogens (tertiary/aromatic N) is 1. The Morgan fingerprint density at radius 1 is 1.57 bits per heavy atom. The smallest absolute Gasteiger partial charge is 0.241 e. The minimum Gasteiger partial charge on any atom is -0.397 e. The van der Waals surface area contributed by atoms with E-state index in [1.54, 1.807) is 18.2 Å². The van der Waals surface area contributed by atoms with Crippen molar-refractivity contribution in [2.75, 3.05) is 24.1 Å². The molecule has 1 aliphatic rings. The number of aliphatic hydroxyl groups is 1. The van der Waals surface area contributed by atoms with Crippen LogP contribution in [0.3, 0.4) is 0 Å². The van der Waals surface area contributed by atoms with Gasteiger partial charge in [0.2, 0.25) is 5.91 Å². The molecule has 1 aromatic rings. The van der Waals surface area contributed by atoms with Gasteiger partial charge >= 0.3 is 0 Å². The van der Waals surface area contributed by atoms with Gasteiger partial charge in [0.25, 0.3) is 0 Å². The summed E-state index contributed by atoms with van der Waals surface area (Å²) in [6.07, 6.45) is 1.66. The summed E-state index contributed by atoms with van der Waals surface area (Å²) in [6, 6.07) is 4.70. The highest BCUT2D eigenvalue weighted by molar-refractivity contribution is 6.33. The molecule has 0 bridgehead atoms. The Labute approximate surface area is 130 Å². The van der Waals surface area contributed by atoms with E-state index in [4.69, 9.17) is 17.3 Å². The SMILES string of the molecule is CC(C(=O)Nc1ccc(Cl)c(N)c1)N1CCCC(C)(O)C1. The highest BCUT2D eigenvalue weighted by atomic mass is 35.5. The molecule has 116 valence electrons. The summed E-state index contributed by atoms with van der Waals surface area (Å²) in [7, 11) is 0. The molecule has 0 saturated carbocycles. The van der Waals surface area contributed by atoms with Crippen LogP contribution in [-0.2, 0) is 4.79 Å². The lowest BCUT2D eigenvalue weighted by Crippen LogP contribution is -2.52. The van der Waals surface area contributed by atoms with Crippen LogP contribution in [0.5, 0.6) is 0 Å². The van der Waals surface area contributed by atoms with Crippen LogP contribution in [0.2, 0.25) is 5.02 Å². The van der Waals surface area contributed by atoms with Crippen LogP contribution in [0, 0.1) is 0 Å². The van der Waals surface area contributed by atoms with E-state index in [1.807, 2.05) is 18.7 Å². The summed E-state index contributed by atoms with van der Waals surface area (Å²) in [4.78, 5) is 14.3. The summed E-state index contributed by atoms with van der Waals surface area (Å²) in [5.41, 5.74) is 6.06. The van der Waals surface area contributed by atoms with Crippen molar-refractivity contribution in [3.63, 3.8) is 0 Å². The Bertz CT molecular complexity index is 534. The van der Waals surface area contributed by atoms with Gasteiger partial charge in [-0.25, -0.2) is 0 Å². The number of rotatable bonds is 3. The summed E-state index contributed by atoms with van der Waals surface area (Å²) in [5.74, 6) is -0.116. The highest BCUT2D eigenvalue weighted by Crippen LogP contribution is 2.24. The van der Waals surface area contributed by atoms with Crippen molar-refractivity contribution in [2.45, 2.75) is 38.3 Å². The fraction of sp³-hybridized carbons (Fsp3) is 0.533. The number of β-amino-alcohol motifs (C(OH)–C–C–N with tert-alkyl or cyclic N) is 1. The average Bonchev–Trinajstić information content (AvgIpc) is 2.41. The van der Waals surface area contributed by atoms with Crippen LogP contribution in [-0.4, -0.2) is 40.6 Å². The molecule has 1 aliphatic heterocycles. The second-order valence-electron chi connectivity index (χ2n) is 5.97. The third kappa shape index (κ3) is 4.09. The van der Waals surface area contributed by atoms with Crippen molar-refractivity contribution in [3.8, 4) is 0 Å². The Balaban J connectivity index is 2.00. The van der Waals surface area contributed by atoms with Gasteiger partial charge in [-0.2, -0.15) is 0 Å². The molecule has 2 atom stereocenters. The van der Waals surface area contributed by atoms with Gasteiger partial charge < -0.3 is 16.2 Å². The number of hydrogen-bond donors (Lipinski definition) is 3. The monoisotopic (exact) mass is 311 g/mol. The van der Waals surface area contributed by atoms with Crippen LogP contribution < -0.4 is 11.1 Å². The van der Waals surface area contributed by atoms with Gasteiger partial charge in [-0.3, -0.25) is 9.69 Å². The van der Waals surface area contributed by atoms with Crippen molar-refractivity contribution in [3.05, 3.63) is 23.2 Å². The summed E-state index contributed by atoms with van der Waals surface area (Å²) >= 11 is 5.86. The van der Waals surface area contributed by atoms with Gasteiger partial charge in [-0.15, -0.1) is 0 Å². The Hall–Kier alpha value is -1.30. The fourth-order valence-electron chi connectivity index (χ4n) is 2.62. The number of carbonyl (C=O) groups is 1. The van der Waals surface area contributed by atoms with Crippen molar-refractivity contribution in [1.29, 1.82) is 0 Å². The predicted molar refractivity (Wildman–Crippen MR) is 85.4 cm³/mol. The number of hydrogen-bond acceptors (Lipinski definition) is 4. The first-order valence-corrected chi connectivity index (χ1v) is 7.49. The van der Waals surface area contributed by atoms with E-state index >= 15 is 0 Å². The molecule has 2 unspecified atom stereocenters. The van der Waals surface area contributed by atoms with Gasteiger partial charge in [0.15, 0.2) is 0 Å². The number of likely N-dealkylation sites (tertiary alicyclic amines) is 1. The van der Waals surface area contributed by atoms with Crippen molar-refractivity contribution >= 4 is 28.9 Å². The van der Waals surface area contributed by atoms with Crippen LogP contribution in [0.1, 0.15) is 26.7 Å². The molecule has 2 rings (SSSR count). The van der Waals surface area contributed by atoms with Crippen LogP contribution in [0.4, 0.5) is 11.4 Å². The maximum Gasteiger partial charge on any atom is 0.241 e. The predicted octanol–water partition coefficient (Wildman–Crippen LogP) is 2.10. The number of piperidine rings is 1. The molecule has 0 aromatic heterocycles. The molecule has 1 aromatic carbocycles. The van der Waals surface area contributed by atoms with E-state index in [-0.39, 0.29) is 11.9 Å². The lowest BCUT2D eigenvalue weighted by molar-refractivity contribution is -0.123. The molecule has 1 amide bonds. The lowest BCUT2D eigenvalue weighted by atomic mass is 9.94. The molecular formula is C15H22ClN3O2. The number of amides is 1. The molecule has 6 heteroatoms. The number of carbonyl (C=O) groups excluding carboxylic acids is 1. The Morgan fingerprint density at radius 2 is 2.29 bits per heavy atom. The zero-order chi connectivity index (χ0) is 15.6. The second kappa shape index (κ2) is 6.22. The standard InChI is InChI=1S/C15H22ClN3O2/c1-10(19-7-3-6-15(2,21)9-19)14(20)18-11-4-5-12(16)13(17)8-11/h4-5,8,10,21H,3,6-7,9,17H2,1-2H3,(H,18,20). The van der Waals surface area contributed by atoms with E-state index in [0.29, 0.717) is 22.9 Å². The number of nitrogens with two attached hydrogens (primary N) is 1. The Morgan fingerprint density at radius 3 is 2.90 bits per heavy atom. The van der Waals surface area contributed by atoms with Crippen LogP contribution in [0.25, 0.3) is 0 Å². The fourth-order valence-corrected chi connectivity index (χ4v) is 2.74. The second-order valence-corrected chi connectivity index (χ2v) is 6.38. The van der Waals surface area contributed by atoms with Crippen LogP contribution >= 0.6 is 11.6 Å². The highest BCUT2D eigenvalue weighted by Gasteiger charge is 2.32. The molecule has 4 N–H and O–H groups in total. The first-order valence-electron chi connectivity index (χ1n) is 7.11. The summed E-state index contributed by atoms with van der Waals surface area (Å²) < 4.78 is 0. The first-order chi connectivity index (χ1) is 9.78. The number of benzene rings is 1. The normalized spacial score (nSPS) is 24.6. The molecule has 0 aliphatic carbocycles. The average molecular weight is 312 g/mol. The van der Waals surface area contributed by atoms with Gasteiger partial charge in [-0.1, -0.05) is 11.6 Å². The third-order valence-corrected chi connectivity index (χ3v) is 4.24. The minimum atomic E-state index is -0.725. The van der Waals surface area contributed by atoms with E-state index in [1.165, 1.54) is 0 Å². The third-order valence-electron chi connectivity index (χ3n) is 3.90. The molecule has 1 fully saturated rings. The van der Waals surface area contributed by atoms with E-state index < -0.39 is 5.60 Å². The van der Waals surface area contributed by atoms with Crippen molar-refractivity contribution in [1.82, 2.24) is 4.90 Å².